The minimum atomic E-state index is 0.560. The topological polar surface area (TPSA) is 35.1 Å². The van der Waals surface area contributed by atoms with E-state index >= 15 is 0 Å². The third-order valence-corrected chi connectivity index (χ3v) is 5.48. The van der Waals surface area contributed by atoms with E-state index in [1.807, 2.05) is 25.1 Å². The molecule has 1 aliphatic carbocycles. The molecule has 0 bridgehead atoms. The van der Waals surface area contributed by atoms with Gasteiger partial charge in [-0.15, -0.1) is 0 Å². The molecule has 3 nitrogen and oxygen atoms in total. The van der Waals surface area contributed by atoms with Crippen LogP contribution >= 0.6 is 22.6 Å². The Balaban J connectivity index is 1.70. The Kier molecular flexibility index (Phi) is 6.99. The molecule has 0 unspecified atom stereocenters. The molecule has 0 heterocycles. The number of quaternary nitrogens is 1. The molecular formula is C21H27INO2+. The average Bonchev–Trinajstić information content (AvgIpc) is 3.14. The Morgan fingerprint density at radius 2 is 1.80 bits per heavy atom. The molecule has 134 valence electrons. The smallest absolute Gasteiger partial charge is 0.174 e. The molecule has 0 aromatic heterocycles. The van der Waals surface area contributed by atoms with Gasteiger partial charge in [0.2, 0.25) is 0 Å². The lowest BCUT2D eigenvalue weighted by Gasteiger charge is -2.16. The third-order valence-electron chi connectivity index (χ3n) is 4.68. The van der Waals surface area contributed by atoms with Gasteiger partial charge in [0.15, 0.2) is 11.5 Å². The van der Waals surface area contributed by atoms with Gasteiger partial charge in [-0.3, -0.25) is 0 Å². The molecule has 4 heteroatoms. The minimum Gasteiger partial charge on any atom is -0.490 e. The van der Waals surface area contributed by atoms with E-state index in [-0.39, 0.29) is 0 Å². The molecule has 25 heavy (non-hydrogen) atoms. The van der Waals surface area contributed by atoms with Crippen LogP contribution in [-0.4, -0.2) is 12.6 Å². The zero-order valence-electron chi connectivity index (χ0n) is 14.8. The van der Waals surface area contributed by atoms with E-state index in [2.05, 4.69) is 52.2 Å². The SMILES string of the molecule is CCOc1cc(C[NH2+]C2CCCC2)cc(I)c1OCc1ccccc1. The van der Waals surface area contributed by atoms with Crippen LogP contribution < -0.4 is 14.8 Å². The molecule has 0 aliphatic heterocycles. The van der Waals surface area contributed by atoms with Gasteiger partial charge in [0.1, 0.15) is 13.2 Å². The molecule has 1 fully saturated rings. The van der Waals surface area contributed by atoms with Crippen molar-refractivity contribution in [3.63, 3.8) is 0 Å². The van der Waals surface area contributed by atoms with Gasteiger partial charge in [-0.25, -0.2) is 0 Å². The highest BCUT2D eigenvalue weighted by Crippen LogP contribution is 2.34. The summed E-state index contributed by atoms with van der Waals surface area (Å²) < 4.78 is 13.1. The summed E-state index contributed by atoms with van der Waals surface area (Å²) in [4.78, 5) is 0. The number of halogens is 1. The molecule has 0 spiro atoms. The highest BCUT2D eigenvalue weighted by Gasteiger charge is 2.19. The van der Waals surface area contributed by atoms with Crippen LogP contribution in [0.2, 0.25) is 0 Å². The molecule has 0 atom stereocenters. The van der Waals surface area contributed by atoms with Crippen LogP contribution in [0.3, 0.4) is 0 Å². The monoisotopic (exact) mass is 452 g/mol. The van der Waals surface area contributed by atoms with E-state index in [1.54, 1.807) is 0 Å². The zero-order chi connectivity index (χ0) is 17.5. The maximum Gasteiger partial charge on any atom is 0.174 e. The highest BCUT2D eigenvalue weighted by molar-refractivity contribution is 14.1. The molecule has 2 aromatic carbocycles. The van der Waals surface area contributed by atoms with E-state index in [0.717, 1.165) is 27.7 Å². The van der Waals surface area contributed by atoms with Crippen molar-refractivity contribution in [1.29, 1.82) is 0 Å². The standard InChI is InChI=1S/C21H26INO2/c1-2-24-20-13-17(14-23-18-10-6-7-11-18)12-19(22)21(20)25-15-16-8-4-3-5-9-16/h3-5,8-9,12-13,18,23H,2,6-7,10-11,14-15H2,1H3/p+1. The van der Waals surface area contributed by atoms with Crippen LogP contribution in [0.25, 0.3) is 0 Å². The predicted octanol–water partition coefficient (Wildman–Crippen LogP) is 4.27. The lowest BCUT2D eigenvalue weighted by atomic mass is 10.1. The fourth-order valence-corrected chi connectivity index (χ4v) is 4.19. The van der Waals surface area contributed by atoms with E-state index in [0.29, 0.717) is 13.2 Å². The van der Waals surface area contributed by atoms with Crippen molar-refractivity contribution < 1.29 is 14.8 Å². The van der Waals surface area contributed by atoms with E-state index in [1.165, 1.54) is 36.8 Å². The lowest BCUT2D eigenvalue weighted by Crippen LogP contribution is -2.87. The molecular weight excluding hydrogens is 425 g/mol. The molecule has 0 radical (unpaired) electrons. The van der Waals surface area contributed by atoms with E-state index in [4.69, 9.17) is 9.47 Å². The Morgan fingerprint density at radius 3 is 2.52 bits per heavy atom. The van der Waals surface area contributed by atoms with Gasteiger partial charge in [-0.2, -0.15) is 0 Å². The quantitative estimate of drug-likeness (QED) is 0.608. The summed E-state index contributed by atoms with van der Waals surface area (Å²) in [7, 11) is 0. The first-order valence-electron chi connectivity index (χ1n) is 9.21. The number of nitrogens with two attached hydrogens (primary N) is 1. The second-order valence-electron chi connectivity index (χ2n) is 6.60. The van der Waals surface area contributed by atoms with Gasteiger partial charge < -0.3 is 14.8 Å². The van der Waals surface area contributed by atoms with Crippen molar-refractivity contribution in [3.05, 3.63) is 57.2 Å². The van der Waals surface area contributed by atoms with Crippen molar-refractivity contribution in [2.45, 2.75) is 51.8 Å². The molecule has 1 aliphatic rings. The summed E-state index contributed by atoms with van der Waals surface area (Å²) in [6.45, 7) is 4.24. The second kappa shape index (κ2) is 9.43. The molecule has 1 saturated carbocycles. The van der Waals surface area contributed by atoms with Gasteiger partial charge in [-0.1, -0.05) is 30.3 Å². The number of rotatable bonds is 8. The van der Waals surface area contributed by atoms with Crippen LogP contribution in [0.15, 0.2) is 42.5 Å². The van der Waals surface area contributed by atoms with Gasteiger partial charge in [0, 0.05) is 5.56 Å². The zero-order valence-corrected chi connectivity index (χ0v) is 17.0. The number of hydrogen-bond acceptors (Lipinski definition) is 2. The first-order valence-corrected chi connectivity index (χ1v) is 10.3. The van der Waals surface area contributed by atoms with Gasteiger partial charge in [0.05, 0.1) is 16.2 Å². The Morgan fingerprint density at radius 1 is 1.04 bits per heavy atom. The van der Waals surface area contributed by atoms with E-state index < -0.39 is 0 Å². The van der Waals surface area contributed by atoms with Crippen molar-refractivity contribution in [3.8, 4) is 11.5 Å². The van der Waals surface area contributed by atoms with Gasteiger partial charge in [0.25, 0.3) is 0 Å². The second-order valence-corrected chi connectivity index (χ2v) is 7.76. The van der Waals surface area contributed by atoms with Crippen LogP contribution in [0.1, 0.15) is 43.7 Å². The normalized spacial score (nSPS) is 14.6. The molecule has 2 N–H and O–H groups in total. The van der Waals surface area contributed by atoms with Crippen LogP contribution in [0, 0.1) is 3.57 Å². The summed E-state index contributed by atoms with van der Waals surface area (Å²) in [5.41, 5.74) is 2.48. The lowest BCUT2D eigenvalue weighted by molar-refractivity contribution is -0.703. The summed E-state index contributed by atoms with van der Waals surface area (Å²) in [5.74, 6) is 1.72. The molecule has 3 rings (SSSR count). The fraction of sp³-hybridized carbons (Fsp3) is 0.429. The first kappa shape index (κ1) is 18.5. The average molecular weight is 452 g/mol. The predicted molar refractivity (Wildman–Crippen MR) is 109 cm³/mol. The Labute approximate surface area is 164 Å². The molecule has 0 amide bonds. The summed E-state index contributed by atoms with van der Waals surface area (Å²) >= 11 is 2.36. The van der Waals surface area contributed by atoms with Crippen molar-refractivity contribution >= 4 is 22.6 Å². The van der Waals surface area contributed by atoms with Crippen LogP contribution in [-0.2, 0) is 13.2 Å². The van der Waals surface area contributed by atoms with Crippen molar-refractivity contribution in [2.24, 2.45) is 0 Å². The van der Waals surface area contributed by atoms with Crippen LogP contribution in [0.5, 0.6) is 11.5 Å². The maximum atomic E-state index is 6.10. The number of hydrogen-bond donors (Lipinski definition) is 1. The van der Waals surface area contributed by atoms with Gasteiger partial charge >= 0.3 is 0 Å². The van der Waals surface area contributed by atoms with Crippen molar-refractivity contribution in [1.82, 2.24) is 0 Å². The first-order chi connectivity index (χ1) is 12.3. The number of benzene rings is 2. The van der Waals surface area contributed by atoms with Crippen LogP contribution in [0.4, 0.5) is 0 Å². The third kappa shape index (κ3) is 5.35. The summed E-state index contributed by atoms with van der Waals surface area (Å²) in [6, 6.07) is 15.4. The van der Waals surface area contributed by atoms with Gasteiger partial charge in [-0.05, 0) is 72.9 Å². The largest absolute Gasteiger partial charge is 0.490 e. The Bertz CT molecular complexity index is 669. The summed E-state index contributed by atoms with van der Waals surface area (Å²) in [5, 5.41) is 2.48. The number of ether oxygens (including phenoxy) is 2. The molecule has 2 aromatic rings. The fourth-order valence-electron chi connectivity index (χ4n) is 3.37. The molecule has 0 saturated heterocycles. The highest BCUT2D eigenvalue weighted by atomic mass is 127. The maximum absolute atomic E-state index is 6.10. The van der Waals surface area contributed by atoms with Crippen molar-refractivity contribution in [2.75, 3.05) is 6.61 Å². The Hall–Kier alpha value is -1.27. The minimum absolute atomic E-state index is 0.560. The summed E-state index contributed by atoms with van der Waals surface area (Å²) in [6.07, 6.45) is 5.48. The van der Waals surface area contributed by atoms with E-state index in [9.17, 15) is 0 Å².